The van der Waals surface area contributed by atoms with E-state index < -0.39 is 0 Å². The molecule has 0 bridgehead atoms. The Morgan fingerprint density at radius 3 is 2.90 bits per heavy atom. The summed E-state index contributed by atoms with van der Waals surface area (Å²) < 4.78 is 0. The van der Waals surface area contributed by atoms with Crippen LogP contribution in [-0.4, -0.2) is 51.7 Å². The number of piperazine rings is 1. The summed E-state index contributed by atoms with van der Waals surface area (Å²) in [7, 11) is 0. The summed E-state index contributed by atoms with van der Waals surface area (Å²) in [5, 5.41) is 9.70. The van der Waals surface area contributed by atoms with E-state index in [1.807, 2.05) is 6.20 Å². The number of hydrogen-bond acceptors (Lipinski definition) is 5. The van der Waals surface area contributed by atoms with Gasteiger partial charge < -0.3 is 10.0 Å². The van der Waals surface area contributed by atoms with E-state index >= 15 is 0 Å². The fourth-order valence-electron chi connectivity index (χ4n) is 3.58. The van der Waals surface area contributed by atoms with Gasteiger partial charge in [0.25, 0.3) is 0 Å². The Kier molecular flexibility index (Phi) is 4.13. The van der Waals surface area contributed by atoms with Gasteiger partial charge in [0.1, 0.15) is 5.82 Å². The minimum Gasteiger partial charge on any atom is -0.390 e. The second-order valence-electron chi connectivity index (χ2n) is 6.67. The zero-order chi connectivity index (χ0) is 15.0. The highest BCUT2D eigenvalue weighted by Gasteiger charge is 2.35. The van der Waals surface area contributed by atoms with Crippen molar-refractivity contribution in [1.29, 1.82) is 0 Å². The molecule has 2 aliphatic rings. The fourth-order valence-corrected chi connectivity index (χ4v) is 3.58. The van der Waals surface area contributed by atoms with Crippen molar-refractivity contribution in [3.8, 4) is 0 Å². The van der Waals surface area contributed by atoms with Crippen molar-refractivity contribution in [2.75, 3.05) is 24.5 Å². The zero-order valence-corrected chi connectivity index (χ0v) is 13.3. The van der Waals surface area contributed by atoms with Gasteiger partial charge in [-0.05, 0) is 26.3 Å². The van der Waals surface area contributed by atoms with E-state index in [1.54, 1.807) is 0 Å². The topological polar surface area (TPSA) is 52.5 Å². The highest BCUT2D eigenvalue weighted by atomic mass is 16.3. The van der Waals surface area contributed by atoms with Crippen LogP contribution in [0.4, 0.5) is 5.69 Å². The first kappa shape index (κ1) is 14.7. The van der Waals surface area contributed by atoms with Crippen LogP contribution in [-0.2, 0) is 6.61 Å². The van der Waals surface area contributed by atoms with Crippen LogP contribution in [0.3, 0.4) is 0 Å². The van der Waals surface area contributed by atoms with Crippen molar-refractivity contribution >= 4 is 5.69 Å². The minimum absolute atomic E-state index is 0.0187. The van der Waals surface area contributed by atoms with E-state index in [0.717, 1.165) is 30.3 Å². The second-order valence-corrected chi connectivity index (χ2v) is 6.67. The Morgan fingerprint density at radius 1 is 1.38 bits per heavy atom. The molecule has 5 heteroatoms. The molecule has 21 heavy (non-hydrogen) atoms. The molecule has 116 valence electrons. The van der Waals surface area contributed by atoms with Crippen LogP contribution in [0, 0.1) is 0 Å². The van der Waals surface area contributed by atoms with Crippen molar-refractivity contribution in [2.24, 2.45) is 0 Å². The molecule has 1 N–H and O–H groups in total. The standard InChI is InChI=1S/C16H26N4O/c1-11(2)16-17-7-15(14(10-21)18-16)20-9-13-5-4-6-19(13)8-12(20)3/h7,11-13,21H,4-6,8-10H2,1-3H3. The first-order chi connectivity index (χ1) is 10.1. The van der Waals surface area contributed by atoms with Crippen molar-refractivity contribution in [3.63, 3.8) is 0 Å². The van der Waals surface area contributed by atoms with Crippen molar-refractivity contribution in [3.05, 3.63) is 17.7 Å². The Balaban J connectivity index is 1.88. The van der Waals surface area contributed by atoms with E-state index in [0.29, 0.717) is 12.1 Å². The molecule has 0 amide bonds. The van der Waals surface area contributed by atoms with Gasteiger partial charge >= 0.3 is 0 Å². The molecular weight excluding hydrogens is 264 g/mol. The normalized spacial score (nSPS) is 26.4. The summed E-state index contributed by atoms with van der Waals surface area (Å²) in [5.74, 6) is 1.10. The van der Waals surface area contributed by atoms with Crippen LogP contribution in [0.15, 0.2) is 6.20 Å². The summed E-state index contributed by atoms with van der Waals surface area (Å²) in [4.78, 5) is 14.1. The maximum atomic E-state index is 9.70. The maximum Gasteiger partial charge on any atom is 0.131 e. The molecule has 5 nitrogen and oxygen atoms in total. The van der Waals surface area contributed by atoms with Crippen LogP contribution < -0.4 is 4.90 Å². The van der Waals surface area contributed by atoms with Gasteiger partial charge in [-0.2, -0.15) is 0 Å². The average molecular weight is 290 g/mol. The summed E-state index contributed by atoms with van der Waals surface area (Å²) in [6.45, 7) is 9.76. The van der Waals surface area contributed by atoms with E-state index in [2.05, 4.69) is 40.5 Å². The number of rotatable bonds is 3. The van der Waals surface area contributed by atoms with Gasteiger partial charge in [-0.25, -0.2) is 9.97 Å². The van der Waals surface area contributed by atoms with Crippen molar-refractivity contribution < 1.29 is 5.11 Å². The number of aromatic nitrogens is 2. The molecule has 2 atom stereocenters. The van der Waals surface area contributed by atoms with Gasteiger partial charge in [0.05, 0.1) is 24.2 Å². The number of anilines is 1. The predicted octanol–water partition coefficient (Wildman–Crippen LogP) is 1.77. The van der Waals surface area contributed by atoms with Crippen LogP contribution in [0.5, 0.6) is 0 Å². The monoisotopic (exact) mass is 290 g/mol. The molecule has 0 radical (unpaired) electrons. The van der Waals surface area contributed by atoms with Crippen LogP contribution in [0.2, 0.25) is 0 Å². The molecule has 0 saturated carbocycles. The highest BCUT2D eigenvalue weighted by molar-refractivity contribution is 5.51. The molecule has 2 aliphatic heterocycles. The third-order valence-corrected chi connectivity index (χ3v) is 4.78. The summed E-state index contributed by atoms with van der Waals surface area (Å²) in [6.07, 6.45) is 4.50. The molecular formula is C16H26N4O. The fraction of sp³-hybridized carbons (Fsp3) is 0.750. The second kappa shape index (κ2) is 5.89. The molecule has 1 aromatic heterocycles. The van der Waals surface area contributed by atoms with E-state index in [4.69, 9.17) is 0 Å². The Morgan fingerprint density at radius 2 is 2.19 bits per heavy atom. The van der Waals surface area contributed by atoms with Gasteiger partial charge in [-0.15, -0.1) is 0 Å². The SMILES string of the molecule is CC(C)c1ncc(N2CC3CCCN3CC2C)c(CO)n1. The van der Waals surface area contributed by atoms with Gasteiger partial charge in [0.2, 0.25) is 0 Å². The molecule has 0 aliphatic carbocycles. The quantitative estimate of drug-likeness (QED) is 0.919. The number of aliphatic hydroxyl groups is 1. The lowest BCUT2D eigenvalue weighted by molar-refractivity contribution is 0.201. The summed E-state index contributed by atoms with van der Waals surface area (Å²) in [6, 6.07) is 1.09. The number of fused-ring (bicyclic) bond motifs is 1. The Labute approximate surface area is 127 Å². The minimum atomic E-state index is -0.0187. The van der Waals surface area contributed by atoms with Crippen molar-refractivity contribution in [2.45, 2.75) is 58.2 Å². The number of nitrogens with zero attached hydrogens (tertiary/aromatic N) is 4. The lowest BCUT2D eigenvalue weighted by Gasteiger charge is -2.43. The largest absolute Gasteiger partial charge is 0.390 e. The molecule has 0 spiro atoms. The molecule has 0 aromatic carbocycles. The Bertz CT molecular complexity index is 505. The first-order valence-electron chi connectivity index (χ1n) is 8.07. The maximum absolute atomic E-state index is 9.70. The van der Waals surface area contributed by atoms with Gasteiger partial charge in [0, 0.05) is 31.1 Å². The number of aliphatic hydroxyl groups excluding tert-OH is 1. The van der Waals surface area contributed by atoms with Crippen molar-refractivity contribution in [1.82, 2.24) is 14.9 Å². The van der Waals surface area contributed by atoms with Crippen LogP contribution >= 0.6 is 0 Å². The lowest BCUT2D eigenvalue weighted by atomic mass is 10.1. The van der Waals surface area contributed by atoms with E-state index in [-0.39, 0.29) is 12.5 Å². The first-order valence-corrected chi connectivity index (χ1v) is 8.07. The van der Waals surface area contributed by atoms with Gasteiger partial charge in [-0.1, -0.05) is 13.8 Å². The van der Waals surface area contributed by atoms with E-state index in [1.165, 1.54) is 19.4 Å². The molecule has 3 heterocycles. The van der Waals surface area contributed by atoms with Gasteiger partial charge in [-0.3, -0.25) is 4.90 Å². The molecule has 3 rings (SSSR count). The third-order valence-electron chi connectivity index (χ3n) is 4.78. The average Bonchev–Trinajstić information content (AvgIpc) is 2.92. The lowest BCUT2D eigenvalue weighted by Crippen LogP contribution is -2.55. The predicted molar refractivity (Wildman–Crippen MR) is 83.4 cm³/mol. The van der Waals surface area contributed by atoms with E-state index in [9.17, 15) is 5.11 Å². The van der Waals surface area contributed by atoms with Crippen LogP contribution in [0.25, 0.3) is 0 Å². The molecule has 2 unspecified atom stereocenters. The highest BCUT2D eigenvalue weighted by Crippen LogP contribution is 2.30. The summed E-state index contributed by atoms with van der Waals surface area (Å²) >= 11 is 0. The van der Waals surface area contributed by atoms with Crippen LogP contribution in [0.1, 0.15) is 51.0 Å². The smallest absolute Gasteiger partial charge is 0.131 e. The number of hydrogen-bond donors (Lipinski definition) is 1. The zero-order valence-electron chi connectivity index (χ0n) is 13.3. The molecule has 2 saturated heterocycles. The molecule has 1 aromatic rings. The molecule has 2 fully saturated rings. The third kappa shape index (κ3) is 2.77. The van der Waals surface area contributed by atoms with Gasteiger partial charge in [0.15, 0.2) is 0 Å². The Hall–Kier alpha value is -1.20. The summed E-state index contributed by atoms with van der Waals surface area (Å²) in [5.41, 5.74) is 1.79.